The van der Waals surface area contributed by atoms with Gasteiger partial charge in [0.25, 0.3) is 0 Å². The predicted molar refractivity (Wildman–Crippen MR) is 93.7 cm³/mol. The first-order valence-corrected chi connectivity index (χ1v) is 9.24. The summed E-state index contributed by atoms with van der Waals surface area (Å²) in [6.45, 7) is 2.19. The molecule has 4 aliphatic rings. The van der Waals surface area contributed by atoms with Crippen molar-refractivity contribution < 1.29 is 4.79 Å². The van der Waals surface area contributed by atoms with Crippen LogP contribution in [-0.4, -0.2) is 12.1 Å². The van der Waals surface area contributed by atoms with Gasteiger partial charge in [0.2, 0.25) is 0 Å². The zero-order chi connectivity index (χ0) is 16.0. The van der Waals surface area contributed by atoms with Crippen LogP contribution < -0.4 is 10.6 Å². The molecule has 4 heteroatoms. The van der Waals surface area contributed by atoms with Gasteiger partial charge in [0.15, 0.2) is 0 Å². The quantitative estimate of drug-likeness (QED) is 0.797. The van der Waals surface area contributed by atoms with Gasteiger partial charge in [0.1, 0.15) is 0 Å². The minimum atomic E-state index is -0.138. The number of hydrogen-bond donors (Lipinski definition) is 2. The average molecular weight is 333 g/mol. The summed E-state index contributed by atoms with van der Waals surface area (Å²) >= 11 is 6.12. The van der Waals surface area contributed by atoms with Gasteiger partial charge in [0, 0.05) is 6.04 Å². The second kappa shape index (κ2) is 5.70. The standard InChI is InChI=1S/C19H25ClN2O/c1-12(21-18(23)22-17-5-3-2-4-16(17)20)19-9-13-6-14(10-19)8-15(7-13)11-19/h2-5,12-15H,6-11H2,1H3,(H2,21,22,23). The lowest BCUT2D eigenvalue weighted by atomic mass is 9.48. The molecule has 4 bridgehead atoms. The summed E-state index contributed by atoms with van der Waals surface area (Å²) in [5.41, 5.74) is 0.997. The second-order valence-corrected chi connectivity index (χ2v) is 8.49. The molecule has 4 fully saturated rings. The fraction of sp³-hybridized carbons (Fsp3) is 0.632. The van der Waals surface area contributed by atoms with Crippen LogP contribution in [0.4, 0.5) is 10.5 Å². The molecule has 4 saturated carbocycles. The van der Waals surface area contributed by atoms with Gasteiger partial charge in [-0.25, -0.2) is 4.79 Å². The number of urea groups is 1. The summed E-state index contributed by atoms with van der Waals surface area (Å²) in [7, 11) is 0. The molecule has 3 nitrogen and oxygen atoms in total. The van der Waals surface area contributed by atoms with Crippen molar-refractivity contribution in [2.45, 2.75) is 51.5 Å². The zero-order valence-corrected chi connectivity index (χ0v) is 14.4. The van der Waals surface area contributed by atoms with E-state index in [1.54, 1.807) is 6.07 Å². The van der Waals surface area contributed by atoms with E-state index < -0.39 is 0 Å². The fourth-order valence-electron chi connectivity index (χ4n) is 5.78. The molecule has 1 aromatic rings. The van der Waals surface area contributed by atoms with Crippen LogP contribution in [0.25, 0.3) is 0 Å². The lowest BCUT2D eigenvalue weighted by Gasteiger charge is -2.59. The normalized spacial score (nSPS) is 35.8. The van der Waals surface area contributed by atoms with Gasteiger partial charge in [-0.1, -0.05) is 23.7 Å². The first-order valence-electron chi connectivity index (χ1n) is 8.86. The molecule has 1 unspecified atom stereocenters. The average Bonchev–Trinajstić information content (AvgIpc) is 2.48. The van der Waals surface area contributed by atoms with Crippen molar-refractivity contribution in [1.29, 1.82) is 0 Å². The van der Waals surface area contributed by atoms with Crippen molar-refractivity contribution in [2.24, 2.45) is 23.2 Å². The Kier molecular flexibility index (Phi) is 3.79. The first-order chi connectivity index (χ1) is 11.0. The van der Waals surface area contributed by atoms with Gasteiger partial charge in [0.05, 0.1) is 10.7 Å². The Balaban J connectivity index is 1.43. The van der Waals surface area contributed by atoms with E-state index in [0.29, 0.717) is 16.1 Å². The molecule has 0 radical (unpaired) electrons. The van der Waals surface area contributed by atoms with Gasteiger partial charge in [-0.3, -0.25) is 0 Å². The van der Waals surface area contributed by atoms with Gasteiger partial charge >= 0.3 is 6.03 Å². The molecule has 0 heterocycles. The fourth-order valence-corrected chi connectivity index (χ4v) is 5.96. The highest BCUT2D eigenvalue weighted by Gasteiger charge is 2.53. The van der Waals surface area contributed by atoms with E-state index in [1.807, 2.05) is 18.2 Å². The van der Waals surface area contributed by atoms with Gasteiger partial charge in [-0.2, -0.15) is 0 Å². The van der Waals surface area contributed by atoms with Crippen molar-refractivity contribution >= 4 is 23.3 Å². The Bertz CT molecular complexity index is 580. The highest BCUT2D eigenvalue weighted by atomic mass is 35.5. The van der Waals surface area contributed by atoms with E-state index in [2.05, 4.69) is 17.6 Å². The monoisotopic (exact) mass is 332 g/mol. The molecule has 0 aromatic heterocycles. The van der Waals surface area contributed by atoms with Gasteiger partial charge in [-0.15, -0.1) is 0 Å². The maximum absolute atomic E-state index is 12.4. The first kappa shape index (κ1) is 15.3. The summed E-state index contributed by atoms with van der Waals surface area (Å²) in [4.78, 5) is 12.4. The van der Waals surface area contributed by atoms with Crippen LogP contribution in [0.1, 0.15) is 45.4 Å². The van der Waals surface area contributed by atoms with Gasteiger partial charge < -0.3 is 10.6 Å². The maximum atomic E-state index is 12.4. The van der Waals surface area contributed by atoms with Crippen molar-refractivity contribution in [3.63, 3.8) is 0 Å². The number of anilines is 1. The Morgan fingerprint density at radius 1 is 1.13 bits per heavy atom. The van der Waals surface area contributed by atoms with E-state index in [0.717, 1.165) is 17.8 Å². The number of nitrogens with one attached hydrogen (secondary N) is 2. The molecule has 5 rings (SSSR count). The molecule has 2 N–H and O–H groups in total. The SMILES string of the molecule is CC(NC(=O)Nc1ccccc1Cl)C12CC3CC(CC(C3)C1)C2. The smallest absolute Gasteiger partial charge is 0.319 e. The van der Waals surface area contributed by atoms with E-state index in [9.17, 15) is 4.79 Å². The summed E-state index contributed by atoms with van der Waals surface area (Å²) in [5, 5.41) is 6.67. The Morgan fingerprint density at radius 2 is 1.70 bits per heavy atom. The largest absolute Gasteiger partial charge is 0.335 e. The van der Waals surface area contributed by atoms with E-state index >= 15 is 0 Å². The van der Waals surface area contributed by atoms with E-state index in [-0.39, 0.29) is 12.1 Å². The molecule has 0 saturated heterocycles. The number of benzene rings is 1. The Morgan fingerprint density at radius 3 is 2.26 bits per heavy atom. The van der Waals surface area contributed by atoms with E-state index in [1.165, 1.54) is 38.5 Å². The summed E-state index contributed by atoms with van der Waals surface area (Å²) in [5.74, 6) is 2.70. The van der Waals surface area contributed by atoms with Crippen molar-refractivity contribution in [3.05, 3.63) is 29.3 Å². The number of rotatable bonds is 3. The van der Waals surface area contributed by atoms with Crippen molar-refractivity contribution in [2.75, 3.05) is 5.32 Å². The minimum Gasteiger partial charge on any atom is -0.335 e. The lowest BCUT2D eigenvalue weighted by Crippen LogP contribution is -2.56. The molecule has 0 spiro atoms. The van der Waals surface area contributed by atoms with Crippen LogP contribution in [0.3, 0.4) is 0 Å². The topological polar surface area (TPSA) is 41.1 Å². The van der Waals surface area contributed by atoms with Gasteiger partial charge in [-0.05, 0) is 80.8 Å². The predicted octanol–water partition coefficient (Wildman–Crippen LogP) is 5.07. The van der Waals surface area contributed by atoms with Crippen molar-refractivity contribution in [3.8, 4) is 0 Å². The van der Waals surface area contributed by atoms with E-state index in [4.69, 9.17) is 11.6 Å². The number of hydrogen-bond acceptors (Lipinski definition) is 1. The third kappa shape index (κ3) is 2.84. The maximum Gasteiger partial charge on any atom is 0.319 e. The number of carbonyl (C=O) groups excluding carboxylic acids is 1. The van der Waals surface area contributed by atoms with Crippen molar-refractivity contribution in [1.82, 2.24) is 5.32 Å². The molecular weight excluding hydrogens is 308 g/mol. The molecule has 124 valence electrons. The second-order valence-electron chi connectivity index (χ2n) is 8.08. The molecule has 1 atom stereocenters. The zero-order valence-electron chi connectivity index (χ0n) is 13.6. The van der Waals surface area contributed by atoms with Crippen LogP contribution in [0.5, 0.6) is 0 Å². The molecule has 23 heavy (non-hydrogen) atoms. The molecular formula is C19H25ClN2O. The molecule has 1 aromatic carbocycles. The lowest BCUT2D eigenvalue weighted by molar-refractivity contribution is -0.0679. The Labute approximate surface area is 143 Å². The van der Waals surface area contributed by atoms with Crippen LogP contribution in [0, 0.1) is 23.2 Å². The summed E-state index contributed by atoms with van der Waals surface area (Å²) < 4.78 is 0. The third-order valence-corrected chi connectivity index (χ3v) is 6.80. The number of para-hydroxylation sites is 1. The van der Waals surface area contributed by atoms with Crippen LogP contribution in [-0.2, 0) is 0 Å². The molecule has 4 aliphatic carbocycles. The third-order valence-electron chi connectivity index (χ3n) is 6.47. The number of amides is 2. The van der Waals surface area contributed by atoms with Crippen LogP contribution in [0.2, 0.25) is 5.02 Å². The number of carbonyl (C=O) groups is 1. The highest BCUT2D eigenvalue weighted by molar-refractivity contribution is 6.33. The summed E-state index contributed by atoms with van der Waals surface area (Å²) in [6, 6.07) is 7.45. The highest BCUT2D eigenvalue weighted by Crippen LogP contribution is 2.61. The molecule has 2 amide bonds. The van der Waals surface area contributed by atoms with Crippen LogP contribution in [0.15, 0.2) is 24.3 Å². The number of halogens is 1. The minimum absolute atomic E-state index is 0.138. The van der Waals surface area contributed by atoms with Crippen LogP contribution >= 0.6 is 11.6 Å². The molecule has 0 aliphatic heterocycles. The Hall–Kier alpha value is -1.22. The summed E-state index contributed by atoms with van der Waals surface area (Å²) in [6.07, 6.45) is 8.18.